The largest absolute Gasteiger partial charge is 0.351 e. The van der Waals surface area contributed by atoms with Crippen LogP contribution in [0.25, 0.3) is 0 Å². The summed E-state index contributed by atoms with van der Waals surface area (Å²) in [5, 5.41) is 14.2. The Kier molecular flexibility index (Phi) is 7.69. The van der Waals surface area contributed by atoms with Crippen LogP contribution in [0.1, 0.15) is 42.1 Å². The lowest BCUT2D eigenvalue weighted by molar-refractivity contribution is -0.140. The first-order valence-corrected chi connectivity index (χ1v) is 12.0. The van der Waals surface area contributed by atoms with Gasteiger partial charge in [-0.25, -0.2) is 9.97 Å². The predicted molar refractivity (Wildman–Crippen MR) is 134 cm³/mol. The van der Waals surface area contributed by atoms with Crippen molar-refractivity contribution in [2.24, 2.45) is 10.9 Å². The fraction of sp³-hybridized carbons (Fsp3) is 0.440. The second kappa shape index (κ2) is 11.1. The van der Waals surface area contributed by atoms with E-state index in [4.69, 9.17) is 16.2 Å². The number of hydrogen-bond donors (Lipinski definition) is 3. The van der Waals surface area contributed by atoms with Gasteiger partial charge in [-0.15, -0.1) is 0 Å². The van der Waals surface area contributed by atoms with Gasteiger partial charge in [-0.1, -0.05) is 24.3 Å². The molecule has 184 valence electrons. The second-order valence-corrected chi connectivity index (χ2v) is 9.06. The number of fused-ring (bicyclic) bond motifs is 2. The van der Waals surface area contributed by atoms with Crippen LogP contribution in [-0.2, 0) is 35.4 Å². The maximum atomic E-state index is 12.9. The number of amides is 2. The summed E-state index contributed by atoms with van der Waals surface area (Å²) in [4.78, 5) is 37.5. The molecule has 0 saturated heterocycles. The van der Waals surface area contributed by atoms with Crippen LogP contribution in [0.4, 0.5) is 5.95 Å². The number of rotatable bonds is 9. The molecule has 1 aliphatic heterocycles. The molecule has 2 aliphatic rings. The average Bonchev–Trinajstić information content (AvgIpc) is 3.27. The van der Waals surface area contributed by atoms with E-state index in [-0.39, 0.29) is 24.4 Å². The van der Waals surface area contributed by atoms with E-state index in [1.165, 1.54) is 23.0 Å². The summed E-state index contributed by atoms with van der Waals surface area (Å²) >= 11 is 0. The highest BCUT2D eigenvalue weighted by Crippen LogP contribution is 2.24. The number of nitrogens with two attached hydrogens (primary N) is 1. The monoisotopic (exact) mass is 476 g/mol. The summed E-state index contributed by atoms with van der Waals surface area (Å²) in [6.45, 7) is 2.88. The lowest BCUT2D eigenvalue weighted by Crippen LogP contribution is -2.44. The highest BCUT2D eigenvalue weighted by atomic mass is 16.2. The molecule has 10 nitrogen and oxygen atoms in total. The maximum absolute atomic E-state index is 12.9. The Hall–Kier alpha value is -3.82. The summed E-state index contributed by atoms with van der Waals surface area (Å²) in [5.41, 5.74) is 5.11. The van der Waals surface area contributed by atoms with E-state index in [1.54, 1.807) is 11.1 Å². The van der Waals surface area contributed by atoms with Crippen LogP contribution in [0, 0.1) is 5.41 Å². The van der Waals surface area contributed by atoms with Gasteiger partial charge in [0, 0.05) is 57.0 Å². The summed E-state index contributed by atoms with van der Waals surface area (Å²) in [5.74, 6) is 5.60. The molecule has 35 heavy (non-hydrogen) atoms. The second-order valence-electron chi connectivity index (χ2n) is 9.06. The third kappa shape index (κ3) is 6.00. The third-order valence-electron chi connectivity index (χ3n) is 6.64. The number of benzene rings is 1. The number of aromatic nitrogens is 2. The van der Waals surface area contributed by atoms with Crippen LogP contribution in [0.2, 0.25) is 0 Å². The van der Waals surface area contributed by atoms with Crippen molar-refractivity contribution in [2.75, 3.05) is 25.0 Å². The van der Waals surface area contributed by atoms with Crippen molar-refractivity contribution in [3.05, 3.63) is 52.8 Å². The zero-order valence-corrected chi connectivity index (χ0v) is 20.0. The standard InChI is InChI=1S/C25H32N8O2/c1-17(34)32(9-4-7-21(13-26)31-27)16-24(35)33-10-8-23-20(15-33)14-28-25(30-23)29-22-11-18-5-2-3-6-19(18)12-22/h2-3,5-6,13-14,22,26H,4,7-12,15-16,27H2,1H3,(H,28,29,30)/b26-13?,31-21-. The molecular weight excluding hydrogens is 444 g/mol. The van der Waals surface area contributed by atoms with E-state index < -0.39 is 0 Å². The Bertz CT molecular complexity index is 1110. The molecule has 0 atom stereocenters. The number of carbonyl (C=O) groups is 2. The van der Waals surface area contributed by atoms with Gasteiger partial charge in [0.05, 0.1) is 18.0 Å². The van der Waals surface area contributed by atoms with Crippen LogP contribution >= 0.6 is 0 Å². The van der Waals surface area contributed by atoms with Crippen LogP contribution in [0.5, 0.6) is 0 Å². The van der Waals surface area contributed by atoms with E-state index in [1.807, 2.05) is 0 Å². The first-order valence-electron chi connectivity index (χ1n) is 12.0. The zero-order valence-electron chi connectivity index (χ0n) is 20.0. The molecule has 0 spiro atoms. The van der Waals surface area contributed by atoms with Gasteiger partial charge in [-0.3, -0.25) is 9.59 Å². The predicted octanol–water partition coefficient (Wildman–Crippen LogP) is 1.53. The van der Waals surface area contributed by atoms with Crippen molar-refractivity contribution >= 4 is 29.7 Å². The molecule has 2 amide bonds. The van der Waals surface area contributed by atoms with Gasteiger partial charge in [-0.05, 0) is 36.8 Å². The van der Waals surface area contributed by atoms with E-state index in [2.05, 4.69) is 39.7 Å². The number of nitrogens with one attached hydrogen (secondary N) is 2. The minimum absolute atomic E-state index is 0.0209. The first kappa shape index (κ1) is 24.3. The molecule has 1 aromatic heterocycles. The molecule has 0 saturated carbocycles. The summed E-state index contributed by atoms with van der Waals surface area (Å²) in [6, 6.07) is 8.78. The fourth-order valence-electron chi connectivity index (χ4n) is 4.68. The summed E-state index contributed by atoms with van der Waals surface area (Å²) < 4.78 is 0. The Morgan fingerprint density at radius 2 is 2.03 bits per heavy atom. The van der Waals surface area contributed by atoms with E-state index >= 15 is 0 Å². The molecule has 10 heteroatoms. The number of anilines is 1. The van der Waals surface area contributed by atoms with Crippen LogP contribution < -0.4 is 11.2 Å². The van der Waals surface area contributed by atoms with Gasteiger partial charge in [0.2, 0.25) is 17.8 Å². The van der Waals surface area contributed by atoms with Gasteiger partial charge in [0.25, 0.3) is 0 Å². The molecule has 0 fully saturated rings. The molecule has 0 bridgehead atoms. The van der Waals surface area contributed by atoms with Crippen molar-refractivity contribution in [3.8, 4) is 0 Å². The highest BCUT2D eigenvalue weighted by molar-refractivity contribution is 6.29. The quantitative estimate of drug-likeness (QED) is 0.285. The van der Waals surface area contributed by atoms with Crippen LogP contribution in [0.15, 0.2) is 35.6 Å². The summed E-state index contributed by atoms with van der Waals surface area (Å²) in [6.07, 6.45) is 6.55. The number of hydrazone groups is 1. The molecule has 1 aliphatic carbocycles. The number of carbonyl (C=O) groups excluding carboxylic acids is 2. The minimum Gasteiger partial charge on any atom is -0.351 e. The maximum Gasteiger partial charge on any atom is 0.242 e. The number of nitrogens with zero attached hydrogens (tertiary/aromatic N) is 5. The molecule has 2 aromatic rings. The topological polar surface area (TPSA) is 141 Å². The Labute approximate surface area is 205 Å². The molecule has 0 unspecified atom stereocenters. The summed E-state index contributed by atoms with van der Waals surface area (Å²) in [7, 11) is 0. The van der Waals surface area contributed by atoms with Crippen molar-refractivity contribution in [3.63, 3.8) is 0 Å². The number of hydrogen-bond acceptors (Lipinski definition) is 8. The molecule has 0 radical (unpaired) electrons. The normalized spacial score (nSPS) is 15.3. The molecule has 4 N–H and O–H groups in total. The van der Waals surface area contributed by atoms with E-state index in [9.17, 15) is 9.59 Å². The van der Waals surface area contributed by atoms with Gasteiger partial charge in [-0.2, -0.15) is 5.10 Å². The lowest BCUT2D eigenvalue weighted by Gasteiger charge is -2.30. The Morgan fingerprint density at radius 3 is 2.69 bits per heavy atom. The van der Waals surface area contributed by atoms with Crippen molar-refractivity contribution in [1.82, 2.24) is 19.8 Å². The van der Waals surface area contributed by atoms with Crippen molar-refractivity contribution in [2.45, 2.75) is 51.6 Å². The Balaban J connectivity index is 1.31. The highest BCUT2D eigenvalue weighted by Gasteiger charge is 2.26. The van der Waals surface area contributed by atoms with Crippen LogP contribution in [0.3, 0.4) is 0 Å². The van der Waals surface area contributed by atoms with Gasteiger partial charge in [0.15, 0.2) is 0 Å². The van der Waals surface area contributed by atoms with E-state index in [0.29, 0.717) is 50.6 Å². The van der Waals surface area contributed by atoms with Gasteiger partial charge in [0.1, 0.15) is 0 Å². The minimum atomic E-state index is -0.162. The molecule has 1 aromatic carbocycles. The van der Waals surface area contributed by atoms with Crippen molar-refractivity contribution in [1.29, 1.82) is 5.41 Å². The van der Waals surface area contributed by atoms with Crippen LogP contribution in [-0.4, -0.2) is 69.2 Å². The van der Waals surface area contributed by atoms with Gasteiger partial charge >= 0.3 is 0 Å². The zero-order chi connectivity index (χ0) is 24.8. The molecule has 4 rings (SSSR count). The SMILES string of the molecule is CC(=O)N(CCC/C(C=N)=N/N)CC(=O)N1CCc2nc(NC3Cc4ccccc4C3)ncc2C1. The fourth-order valence-corrected chi connectivity index (χ4v) is 4.68. The van der Waals surface area contributed by atoms with Gasteiger partial charge < -0.3 is 26.4 Å². The average molecular weight is 477 g/mol. The first-order chi connectivity index (χ1) is 17.0. The van der Waals surface area contributed by atoms with E-state index in [0.717, 1.165) is 30.3 Å². The lowest BCUT2D eigenvalue weighted by atomic mass is 10.1. The molecular formula is C25H32N8O2. The Morgan fingerprint density at radius 1 is 1.29 bits per heavy atom. The third-order valence-corrected chi connectivity index (χ3v) is 6.64. The molecule has 2 heterocycles. The smallest absolute Gasteiger partial charge is 0.242 e. The van der Waals surface area contributed by atoms with Crippen molar-refractivity contribution < 1.29 is 9.59 Å².